The number of carbonyl (C=O) groups excluding carboxylic acids is 4. The lowest BCUT2D eigenvalue weighted by Gasteiger charge is -2.42. The van der Waals surface area contributed by atoms with Crippen molar-refractivity contribution in [3.05, 3.63) is 117 Å². The molecule has 4 atom stereocenters. The molecule has 71 heavy (non-hydrogen) atoms. The van der Waals surface area contributed by atoms with Gasteiger partial charge in [0.1, 0.15) is 11.9 Å². The van der Waals surface area contributed by atoms with Crippen LogP contribution in [0.2, 0.25) is 0 Å². The zero-order valence-corrected chi connectivity index (χ0v) is 42.7. The van der Waals surface area contributed by atoms with E-state index in [4.69, 9.17) is 0 Å². The minimum atomic E-state index is -0.761. The fourth-order valence-electron chi connectivity index (χ4n) is 12.5. The van der Waals surface area contributed by atoms with Crippen LogP contribution in [-0.2, 0) is 33.4 Å². The number of pyridine rings is 1. The summed E-state index contributed by atoms with van der Waals surface area (Å²) in [5.74, 6) is 1.40. The molecular formula is C56H72N10O5. The van der Waals surface area contributed by atoms with Crippen molar-refractivity contribution in [2.75, 3.05) is 74.9 Å². The molecule has 0 saturated carbocycles. The van der Waals surface area contributed by atoms with Gasteiger partial charge in [0.15, 0.2) is 0 Å². The summed E-state index contributed by atoms with van der Waals surface area (Å²) in [7, 11) is 3.94. The summed E-state index contributed by atoms with van der Waals surface area (Å²) < 4.78 is 4.01. The highest BCUT2D eigenvalue weighted by Crippen LogP contribution is 2.44. The van der Waals surface area contributed by atoms with E-state index in [9.17, 15) is 24.0 Å². The summed E-state index contributed by atoms with van der Waals surface area (Å²) in [5.41, 5.74) is 8.11. The topological polar surface area (TPSA) is 148 Å². The van der Waals surface area contributed by atoms with Gasteiger partial charge in [-0.25, -0.2) is 0 Å². The Bertz CT molecular complexity index is 2800. The van der Waals surface area contributed by atoms with Crippen molar-refractivity contribution >= 4 is 46.5 Å². The Morgan fingerprint density at radius 1 is 0.873 bits per heavy atom. The van der Waals surface area contributed by atoms with Crippen molar-refractivity contribution in [1.29, 1.82) is 0 Å². The highest BCUT2D eigenvalue weighted by atomic mass is 16.2. The SMILES string of the molecule is CNc1ccn(C2=CC(C)Nc3c2cc([C@H](C)N2CCC(c4ccc(C(=O)N5CCC(CN6CCN(Cc7ccc8c(c7)C(C)(C)C(=O)N8C7CCC(=O)NC7=O)C[C@@H]6C)CC5)cc4)CC2)n3C)c(=O)c1. The second-order valence-electron chi connectivity index (χ2n) is 21.8. The largest absolute Gasteiger partial charge is 0.388 e. The van der Waals surface area contributed by atoms with E-state index in [1.165, 1.54) is 11.3 Å². The molecule has 15 heteroatoms. The highest BCUT2D eigenvalue weighted by molar-refractivity contribution is 6.13. The standard InChI is InChI=1S/C56H72N10O5/c1-35-28-49(65-25-20-43(57-6)30-51(65)68)44-31-48(60(7)52(44)58-35)37(3)62-23-18-41(19-24-62)40-9-11-42(12-10-40)54(70)63-21-16-38(17-22-63)34-64-27-26-61(32-36(64)2)33-39-8-13-46-45(29-39)56(4,5)55(71)66(46)47-14-15-50(67)59-53(47)69/h8-13,20,25,28-31,35-38,41,47,57-58H,14-19,21-24,26-27,32-34H2,1-7H3,(H,59,67,69)/t35?,36-,37-,47?/m0/s1. The Morgan fingerprint density at radius 2 is 1.62 bits per heavy atom. The number of carbonyl (C=O) groups is 4. The Hall–Kier alpha value is -6.03. The maximum absolute atomic E-state index is 13.8. The number of hydrogen-bond donors (Lipinski definition) is 3. The molecule has 3 N–H and O–H groups in total. The average Bonchev–Trinajstić information content (AvgIpc) is 3.79. The number of fused-ring (bicyclic) bond motifs is 2. The van der Waals surface area contributed by atoms with E-state index in [2.05, 4.69) is 104 Å². The number of anilines is 3. The van der Waals surface area contributed by atoms with Crippen LogP contribution in [0.25, 0.3) is 5.70 Å². The fraction of sp³-hybridized carbons (Fsp3) is 0.518. The number of piperazine rings is 1. The van der Waals surface area contributed by atoms with E-state index >= 15 is 0 Å². The minimum Gasteiger partial charge on any atom is -0.388 e. The molecule has 2 aromatic heterocycles. The van der Waals surface area contributed by atoms with Crippen molar-refractivity contribution < 1.29 is 19.2 Å². The van der Waals surface area contributed by atoms with Crippen molar-refractivity contribution in [2.24, 2.45) is 13.0 Å². The Kier molecular flexibility index (Phi) is 13.4. The summed E-state index contributed by atoms with van der Waals surface area (Å²) in [6, 6.07) is 20.5. The van der Waals surface area contributed by atoms with Crippen LogP contribution in [0.1, 0.15) is 123 Å². The molecule has 4 aromatic rings. The molecule has 0 aliphatic carbocycles. The summed E-state index contributed by atoms with van der Waals surface area (Å²) in [6.07, 6.45) is 8.69. The first kappa shape index (κ1) is 48.6. The predicted octanol–water partition coefficient (Wildman–Crippen LogP) is 6.36. The molecule has 2 unspecified atom stereocenters. The molecule has 4 saturated heterocycles. The number of nitrogens with one attached hydrogen (secondary N) is 3. The van der Waals surface area contributed by atoms with Crippen molar-refractivity contribution in [2.45, 2.75) is 115 Å². The van der Waals surface area contributed by atoms with Gasteiger partial charge in [0.05, 0.1) is 11.1 Å². The number of nitrogens with zero attached hydrogens (tertiary/aromatic N) is 7. The fourth-order valence-corrected chi connectivity index (χ4v) is 12.5. The lowest BCUT2D eigenvalue weighted by Crippen LogP contribution is -2.55. The van der Waals surface area contributed by atoms with Crippen LogP contribution in [0.15, 0.2) is 77.7 Å². The molecule has 4 fully saturated rings. The van der Waals surface area contributed by atoms with Gasteiger partial charge in [-0.2, -0.15) is 0 Å². The lowest BCUT2D eigenvalue weighted by molar-refractivity contribution is -0.136. The van der Waals surface area contributed by atoms with E-state index in [0.29, 0.717) is 24.3 Å². The predicted molar refractivity (Wildman–Crippen MR) is 279 cm³/mol. The van der Waals surface area contributed by atoms with Crippen LogP contribution >= 0.6 is 0 Å². The molecule has 376 valence electrons. The van der Waals surface area contributed by atoms with Crippen LogP contribution in [0.5, 0.6) is 0 Å². The number of imide groups is 1. The van der Waals surface area contributed by atoms with E-state index in [1.807, 2.05) is 51.4 Å². The number of benzene rings is 2. The minimum absolute atomic E-state index is 0.0590. The number of hydrogen-bond acceptors (Lipinski definition) is 10. The highest BCUT2D eigenvalue weighted by Gasteiger charge is 2.49. The molecule has 6 aliphatic rings. The van der Waals surface area contributed by atoms with Crippen LogP contribution in [0.4, 0.5) is 17.2 Å². The van der Waals surface area contributed by atoms with Gasteiger partial charge in [0, 0.05) is 125 Å². The van der Waals surface area contributed by atoms with Gasteiger partial charge < -0.3 is 20.1 Å². The average molecular weight is 965 g/mol. The molecule has 2 aromatic carbocycles. The van der Waals surface area contributed by atoms with Crippen molar-refractivity contribution in [3.8, 4) is 0 Å². The third-order valence-electron chi connectivity index (χ3n) is 16.8. The molecule has 8 heterocycles. The lowest BCUT2D eigenvalue weighted by atomic mass is 9.85. The number of likely N-dealkylation sites (tertiary alicyclic amines) is 2. The van der Waals surface area contributed by atoms with Gasteiger partial charge in [0.2, 0.25) is 17.7 Å². The van der Waals surface area contributed by atoms with Gasteiger partial charge in [0.25, 0.3) is 11.5 Å². The molecule has 0 spiro atoms. The number of aromatic nitrogens is 2. The van der Waals surface area contributed by atoms with Crippen molar-refractivity contribution in [1.82, 2.24) is 34.1 Å². The second kappa shape index (κ2) is 19.5. The first-order valence-electron chi connectivity index (χ1n) is 26.1. The zero-order valence-electron chi connectivity index (χ0n) is 42.7. The van der Waals surface area contributed by atoms with Crippen molar-refractivity contribution in [3.63, 3.8) is 0 Å². The first-order valence-corrected chi connectivity index (χ1v) is 26.1. The summed E-state index contributed by atoms with van der Waals surface area (Å²) in [6.45, 7) is 18.9. The van der Waals surface area contributed by atoms with E-state index in [0.717, 1.165) is 130 Å². The van der Waals surface area contributed by atoms with Gasteiger partial charge in [-0.1, -0.05) is 24.3 Å². The first-order chi connectivity index (χ1) is 34.1. The third kappa shape index (κ3) is 9.36. The normalized spacial score (nSPS) is 24.0. The summed E-state index contributed by atoms with van der Waals surface area (Å²) in [5, 5.41) is 9.12. The van der Waals surface area contributed by atoms with Gasteiger partial charge in [-0.05, 0) is 145 Å². The van der Waals surface area contributed by atoms with Gasteiger partial charge in [-0.15, -0.1) is 0 Å². The molecule has 0 radical (unpaired) electrons. The second-order valence-corrected chi connectivity index (χ2v) is 21.8. The molecule has 15 nitrogen and oxygen atoms in total. The molecular weight excluding hydrogens is 893 g/mol. The quantitative estimate of drug-likeness (QED) is 0.145. The van der Waals surface area contributed by atoms with E-state index in [-0.39, 0.29) is 41.8 Å². The molecule has 10 rings (SSSR count). The number of rotatable bonds is 11. The van der Waals surface area contributed by atoms with Gasteiger partial charge >= 0.3 is 0 Å². The van der Waals surface area contributed by atoms with Gasteiger partial charge in [-0.3, -0.25) is 53.5 Å². The molecule has 6 aliphatic heterocycles. The maximum Gasteiger partial charge on any atom is 0.257 e. The monoisotopic (exact) mass is 965 g/mol. The summed E-state index contributed by atoms with van der Waals surface area (Å²) >= 11 is 0. The third-order valence-corrected chi connectivity index (χ3v) is 16.8. The van der Waals surface area contributed by atoms with Crippen LogP contribution < -0.4 is 26.4 Å². The van der Waals surface area contributed by atoms with Crippen LogP contribution in [0.3, 0.4) is 0 Å². The van der Waals surface area contributed by atoms with E-state index < -0.39 is 17.4 Å². The smallest absolute Gasteiger partial charge is 0.257 e. The van der Waals surface area contributed by atoms with E-state index in [1.54, 1.807) is 15.5 Å². The maximum atomic E-state index is 13.8. The van der Waals surface area contributed by atoms with Crippen LogP contribution in [0, 0.1) is 5.92 Å². The van der Waals surface area contributed by atoms with Crippen LogP contribution in [-0.4, -0.2) is 130 Å². The number of piperidine rings is 3. The Labute approximate surface area is 418 Å². The molecule has 0 bridgehead atoms. The molecule has 4 amide bonds. The Balaban J connectivity index is 0.679. The zero-order chi connectivity index (χ0) is 49.9. The Morgan fingerprint density at radius 3 is 2.31 bits per heavy atom. The summed E-state index contributed by atoms with van der Waals surface area (Å²) in [4.78, 5) is 76.6. The number of amides is 4.